The molecule has 3 rings (SSSR count). The fourth-order valence-corrected chi connectivity index (χ4v) is 3.71. The Morgan fingerprint density at radius 1 is 1.21 bits per heavy atom. The molecule has 0 spiro atoms. The number of ether oxygens (including phenoxy) is 1. The Hall–Kier alpha value is -2.87. The molecule has 2 amide bonds. The van der Waals surface area contributed by atoms with Crippen LogP contribution >= 0.6 is 11.8 Å². The molecule has 0 aromatic heterocycles. The molecule has 2 unspecified atom stereocenters. The summed E-state index contributed by atoms with van der Waals surface area (Å²) in [7, 11) is 0. The molecule has 1 aliphatic heterocycles. The zero-order chi connectivity index (χ0) is 20.1. The van der Waals surface area contributed by atoms with Gasteiger partial charge in [-0.05, 0) is 36.8 Å². The van der Waals surface area contributed by atoms with Gasteiger partial charge >= 0.3 is 5.97 Å². The van der Waals surface area contributed by atoms with Crippen LogP contribution in [0.5, 0.6) is 0 Å². The molecule has 146 valence electrons. The van der Waals surface area contributed by atoms with E-state index in [9.17, 15) is 18.8 Å². The van der Waals surface area contributed by atoms with Crippen molar-refractivity contribution in [3.63, 3.8) is 0 Å². The highest BCUT2D eigenvalue weighted by atomic mass is 32.2. The smallest absolute Gasteiger partial charge is 0.308 e. The monoisotopic (exact) mass is 402 g/mol. The molecule has 0 radical (unpaired) electrons. The van der Waals surface area contributed by atoms with Gasteiger partial charge in [0.15, 0.2) is 6.10 Å². The second-order valence-electron chi connectivity index (χ2n) is 6.27. The van der Waals surface area contributed by atoms with Gasteiger partial charge in [0.1, 0.15) is 5.82 Å². The maximum atomic E-state index is 12.9. The van der Waals surface area contributed by atoms with Crippen molar-refractivity contribution in [2.45, 2.75) is 36.1 Å². The lowest BCUT2D eigenvalue weighted by Gasteiger charge is -2.23. The van der Waals surface area contributed by atoms with Crippen LogP contribution in [0.1, 0.15) is 18.9 Å². The lowest BCUT2D eigenvalue weighted by molar-refractivity contribution is -0.155. The minimum absolute atomic E-state index is 0.138. The fraction of sp³-hybridized carbons (Fsp3) is 0.250. The number of halogens is 1. The number of anilines is 1. The Bertz CT molecular complexity index is 888. The van der Waals surface area contributed by atoms with E-state index in [2.05, 4.69) is 10.6 Å². The van der Waals surface area contributed by atoms with E-state index in [1.54, 1.807) is 18.2 Å². The number of benzene rings is 2. The summed E-state index contributed by atoms with van der Waals surface area (Å²) in [6.07, 6.45) is -1.14. The number of esters is 1. The SMILES string of the molecule is CC(OC(=O)CC1Sc2ccccc2NC1=O)C(=O)NCc1ccc(F)cc1. The largest absolute Gasteiger partial charge is 0.453 e. The number of hydrogen-bond donors (Lipinski definition) is 2. The number of fused-ring (bicyclic) bond motifs is 1. The molecule has 6 nitrogen and oxygen atoms in total. The standard InChI is InChI=1S/C20H19FN2O4S/c1-12(19(25)22-11-13-6-8-14(21)9-7-13)27-18(24)10-17-20(26)23-15-4-2-3-5-16(15)28-17/h2-9,12,17H,10-11H2,1H3,(H,22,25)(H,23,26). The second-order valence-corrected chi connectivity index (χ2v) is 7.52. The molecule has 1 aliphatic rings. The van der Waals surface area contributed by atoms with Crippen molar-refractivity contribution in [1.29, 1.82) is 0 Å². The van der Waals surface area contributed by atoms with Crippen LogP contribution in [0, 0.1) is 5.82 Å². The van der Waals surface area contributed by atoms with Gasteiger partial charge in [-0.2, -0.15) is 0 Å². The zero-order valence-corrected chi connectivity index (χ0v) is 15.9. The van der Waals surface area contributed by atoms with E-state index in [-0.39, 0.29) is 24.7 Å². The van der Waals surface area contributed by atoms with Crippen LogP contribution in [0.4, 0.5) is 10.1 Å². The molecule has 0 bridgehead atoms. The lowest BCUT2D eigenvalue weighted by Crippen LogP contribution is -2.37. The highest BCUT2D eigenvalue weighted by molar-refractivity contribution is 8.01. The molecule has 0 saturated heterocycles. The van der Waals surface area contributed by atoms with Crippen LogP contribution in [0.2, 0.25) is 0 Å². The Morgan fingerprint density at radius 2 is 1.93 bits per heavy atom. The molecule has 2 atom stereocenters. The van der Waals surface area contributed by atoms with E-state index in [1.165, 1.54) is 30.8 Å². The van der Waals surface area contributed by atoms with Crippen molar-refractivity contribution < 1.29 is 23.5 Å². The van der Waals surface area contributed by atoms with Crippen LogP contribution in [0.3, 0.4) is 0 Å². The first-order valence-corrected chi connectivity index (χ1v) is 9.58. The summed E-state index contributed by atoms with van der Waals surface area (Å²) in [6.45, 7) is 1.65. The van der Waals surface area contributed by atoms with Gasteiger partial charge in [-0.25, -0.2) is 4.39 Å². The minimum Gasteiger partial charge on any atom is -0.453 e. The third-order valence-corrected chi connectivity index (χ3v) is 5.39. The third kappa shape index (κ3) is 5.10. The number of carbonyl (C=O) groups excluding carboxylic acids is 3. The normalized spacial score (nSPS) is 16.5. The number of hydrogen-bond acceptors (Lipinski definition) is 5. The Labute approximate surface area is 165 Å². The van der Waals surface area contributed by atoms with E-state index in [4.69, 9.17) is 4.74 Å². The molecule has 2 N–H and O–H groups in total. The summed E-state index contributed by atoms with van der Waals surface area (Å²) >= 11 is 1.29. The quantitative estimate of drug-likeness (QED) is 0.726. The van der Waals surface area contributed by atoms with Gasteiger partial charge in [0, 0.05) is 11.4 Å². The number of carbonyl (C=O) groups is 3. The number of rotatable bonds is 6. The van der Waals surface area contributed by atoms with Crippen LogP contribution in [0.15, 0.2) is 53.4 Å². The van der Waals surface area contributed by atoms with Gasteiger partial charge in [0.25, 0.3) is 5.91 Å². The molecule has 0 saturated carbocycles. The van der Waals surface area contributed by atoms with Crippen molar-refractivity contribution in [3.8, 4) is 0 Å². The van der Waals surface area contributed by atoms with Gasteiger partial charge < -0.3 is 15.4 Å². The van der Waals surface area contributed by atoms with Crippen molar-refractivity contribution in [1.82, 2.24) is 5.32 Å². The molecule has 0 aliphatic carbocycles. The van der Waals surface area contributed by atoms with Crippen LogP contribution in [0.25, 0.3) is 0 Å². The topological polar surface area (TPSA) is 84.5 Å². The molecular formula is C20H19FN2O4S. The van der Waals surface area contributed by atoms with Gasteiger partial charge in [-0.15, -0.1) is 11.8 Å². The van der Waals surface area contributed by atoms with E-state index in [0.717, 1.165) is 16.1 Å². The Kier molecular flexibility index (Phi) is 6.30. The maximum Gasteiger partial charge on any atom is 0.308 e. The number of para-hydroxylation sites is 1. The first-order valence-electron chi connectivity index (χ1n) is 8.70. The van der Waals surface area contributed by atoms with Gasteiger partial charge in [0.05, 0.1) is 17.4 Å². The molecule has 1 heterocycles. The van der Waals surface area contributed by atoms with Crippen LogP contribution < -0.4 is 10.6 Å². The number of amides is 2. The Balaban J connectivity index is 1.48. The minimum atomic E-state index is -1.00. The van der Waals surface area contributed by atoms with Gasteiger partial charge in [-0.3, -0.25) is 14.4 Å². The van der Waals surface area contributed by atoms with E-state index < -0.39 is 23.2 Å². The number of nitrogens with one attached hydrogen (secondary N) is 2. The Morgan fingerprint density at radius 3 is 2.68 bits per heavy atom. The summed E-state index contributed by atoms with van der Waals surface area (Å²) in [6, 6.07) is 13.1. The summed E-state index contributed by atoms with van der Waals surface area (Å²) in [5, 5.41) is 4.77. The molecule has 8 heteroatoms. The summed E-state index contributed by atoms with van der Waals surface area (Å²) in [4.78, 5) is 37.3. The van der Waals surface area contributed by atoms with Gasteiger partial charge in [0.2, 0.25) is 5.91 Å². The van der Waals surface area contributed by atoms with Crippen molar-refractivity contribution in [3.05, 3.63) is 59.9 Å². The molecule has 2 aromatic carbocycles. The zero-order valence-electron chi connectivity index (χ0n) is 15.1. The molecule has 0 fully saturated rings. The second kappa shape index (κ2) is 8.88. The maximum absolute atomic E-state index is 12.9. The summed E-state index contributed by atoms with van der Waals surface area (Å²) < 4.78 is 18.0. The summed E-state index contributed by atoms with van der Waals surface area (Å²) in [5.74, 6) is -1.72. The van der Waals surface area contributed by atoms with Crippen LogP contribution in [-0.4, -0.2) is 29.1 Å². The van der Waals surface area contributed by atoms with E-state index >= 15 is 0 Å². The number of thioether (sulfide) groups is 1. The van der Waals surface area contributed by atoms with Gasteiger partial charge in [-0.1, -0.05) is 24.3 Å². The van der Waals surface area contributed by atoms with E-state index in [1.807, 2.05) is 18.2 Å². The van der Waals surface area contributed by atoms with Crippen molar-refractivity contribution in [2.75, 3.05) is 5.32 Å². The van der Waals surface area contributed by atoms with Crippen LogP contribution in [-0.2, 0) is 25.7 Å². The average Bonchev–Trinajstić information content (AvgIpc) is 2.67. The molecule has 2 aromatic rings. The average molecular weight is 402 g/mol. The molecule has 28 heavy (non-hydrogen) atoms. The molecular weight excluding hydrogens is 383 g/mol. The first kappa shape index (κ1) is 19.9. The van der Waals surface area contributed by atoms with Crippen molar-refractivity contribution in [2.24, 2.45) is 0 Å². The fourth-order valence-electron chi connectivity index (χ4n) is 2.61. The predicted octanol–water partition coefficient (Wildman–Crippen LogP) is 2.88. The lowest BCUT2D eigenvalue weighted by atomic mass is 10.2. The highest BCUT2D eigenvalue weighted by Crippen LogP contribution is 2.36. The van der Waals surface area contributed by atoms with Crippen molar-refractivity contribution >= 4 is 35.2 Å². The highest BCUT2D eigenvalue weighted by Gasteiger charge is 2.30. The first-order chi connectivity index (χ1) is 13.4. The summed E-state index contributed by atoms with van der Waals surface area (Å²) in [5.41, 5.74) is 1.44. The third-order valence-electron chi connectivity index (χ3n) is 4.12. The van der Waals surface area contributed by atoms with E-state index in [0.29, 0.717) is 0 Å². The predicted molar refractivity (Wildman–Crippen MR) is 103 cm³/mol.